The molecule has 1 aliphatic rings. The third kappa shape index (κ3) is 4.33. The first-order valence-corrected chi connectivity index (χ1v) is 10.8. The number of carbonyl (C=O) groups is 2. The van der Waals surface area contributed by atoms with E-state index in [1.165, 1.54) is 11.8 Å². The van der Waals surface area contributed by atoms with Crippen LogP contribution >= 0.6 is 23.1 Å². The summed E-state index contributed by atoms with van der Waals surface area (Å²) in [6.07, 6.45) is 4.12. The topological polar surface area (TPSA) is 105 Å². The van der Waals surface area contributed by atoms with E-state index < -0.39 is 0 Å². The van der Waals surface area contributed by atoms with Gasteiger partial charge in [-0.15, -0.1) is 21.5 Å². The lowest BCUT2D eigenvalue weighted by atomic mass is 10.2. The van der Waals surface area contributed by atoms with E-state index in [0.717, 1.165) is 36.6 Å². The Kier molecular flexibility index (Phi) is 5.58. The van der Waals surface area contributed by atoms with E-state index >= 15 is 0 Å². The predicted octanol–water partition coefficient (Wildman–Crippen LogP) is 2.96. The summed E-state index contributed by atoms with van der Waals surface area (Å²) in [5.41, 5.74) is 1.82. The van der Waals surface area contributed by atoms with Gasteiger partial charge in [0, 0.05) is 30.2 Å². The molecule has 0 bridgehead atoms. The second-order valence-electron chi connectivity index (χ2n) is 6.51. The quantitative estimate of drug-likeness (QED) is 0.465. The highest BCUT2D eigenvalue weighted by molar-refractivity contribution is 7.99. The van der Waals surface area contributed by atoms with Gasteiger partial charge in [0.2, 0.25) is 5.89 Å². The van der Waals surface area contributed by atoms with Crippen molar-refractivity contribution in [3.8, 4) is 0 Å². The number of likely N-dealkylation sites (tertiary alicyclic amines) is 1. The number of hydrogen-bond donors (Lipinski definition) is 1. The third-order valence-electron chi connectivity index (χ3n) is 4.40. The minimum atomic E-state index is -0.100. The first-order valence-electron chi connectivity index (χ1n) is 8.95. The fraction of sp³-hybridized carbons (Fsp3) is 0.389. The van der Waals surface area contributed by atoms with Gasteiger partial charge in [0.05, 0.1) is 22.9 Å². The van der Waals surface area contributed by atoms with Gasteiger partial charge in [-0.05, 0) is 25.8 Å². The molecule has 0 unspecified atom stereocenters. The van der Waals surface area contributed by atoms with Gasteiger partial charge in [0.1, 0.15) is 5.69 Å². The lowest BCUT2D eigenvalue weighted by molar-refractivity contribution is 0.0787. The number of aromatic nitrogens is 4. The SMILES string of the molecule is Cc1nc(Cc2nnc(SCC(=O)c3c[nH]c(C(=O)N4CCCC4)c3)o2)cs1. The van der Waals surface area contributed by atoms with Crippen molar-refractivity contribution in [3.05, 3.63) is 45.5 Å². The zero-order valence-corrected chi connectivity index (χ0v) is 16.9. The average Bonchev–Trinajstić information content (AvgIpc) is 3.47. The number of nitrogens with one attached hydrogen (secondary N) is 1. The van der Waals surface area contributed by atoms with Crippen LogP contribution in [-0.4, -0.2) is 55.6 Å². The second-order valence-corrected chi connectivity index (χ2v) is 8.50. The van der Waals surface area contributed by atoms with Crippen LogP contribution in [0.4, 0.5) is 0 Å². The molecule has 1 amide bonds. The molecular formula is C18H19N5O3S2. The molecular weight excluding hydrogens is 398 g/mol. The largest absolute Gasteiger partial charge is 0.416 e. The van der Waals surface area contributed by atoms with Gasteiger partial charge in [0.15, 0.2) is 5.78 Å². The van der Waals surface area contributed by atoms with E-state index in [1.807, 2.05) is 12.3 Å². The zero-order valence-electron chi connectivity index (χ0n) is 15.3. The monoisotopic (exact) mass is 417 g/mol. The number of Topliss-reactive ketones (excluding diaryl/α,β-unsaturated/α-hetero) is 1. The van der Waals surface area contributed by atoms with Crippen molar-refractivity contribution in [2.45, 2.75) is 31.4 Å². The van der Waals surface area contributed by atoms with Gasteiger partial charge >= 0.3 is 0 Å². The maximum absolute atomic E-state index is 12.4. The van der Waals surface area contributed by atoms with Crippen LogP contribution in [0.1, 0.15) is 50.3 Å². The molecule has 8 nitrogen and oxygen atoms in total. The minimum Gasteiger partial charge on any atom is -0.416 e. The lowest BCUT2D eigenvalue weighted by Crippen LogP contribution is -2.27. The molecule has 0 radical (unpaired) electrons. The minimum absolute atomic E-state index is 0.0528. The highest BCUT2D eigenvalue weighted by atomic mass is 32.2. The van der Waals surface area contributed by atoms with Gasteiger partial charge in [-0.25, -0.2) is 4.98 Å². The molecule has 10 heteroatoms. The molecule has 4 heterocycles. The number of thiazole rings is 1. The number of thioether (sulfide) groups is 1. The number of nitrogens with zero attached hydrogens (tertiary/aromatic N) is 4. The van der Waals surface area contributed by atoms with Crippen molar-refractivity contribution in [2.24, 2.45) is 0 Å². The Morgan fingerprint density at radius 3 is 2.89 bits per heavy atom. The van der Waals surface area contributed by atoms with E-state index in [0.29, 0.717) is 28.8 Å². The number of H-pyrrole nitrogens is 1. The summed E-state index contributed by atoms with van der Waals surface area (Å²) < 4.78 is 5.58. The Morgan fingerprint density at radius 2 is 2.14 bits per heavy atom. The van der Waals surface area contributed by atoms with Crippen LogP contribution in [-0.2, 0) is 6.42 Å². The lowest BCUT2D eigenvalue weighted by Gasteiger charge is -2.13. The number of aryl methyl sites for hydroxylation is 1. The van der Waals surface area contributed by atoms with Crippen molar-refractivity contribution < 1.29 is 14.0 Å². The maximum Gasteiger partial charge on any atom is 0.277 e. The van der Waals surface area contributed by atoms with Crippen LogP contribution < -0.4 is 0 Å². The van der Waals surface area contributed by atoms with E-state index in [4.69, 9.17) is 4.42 Å². The van der Waals surface area contributed by atoms with Crippen LogP contribution in [0.2, 0.25) is 0 Å². The summed E-state index contributed by atoms with van der Waals surface area (Å²) in [4.78, 5) is 33.9. The molecule has 146 valence electrons. The number of ketones is 1. The molecule has 1 N–H and O–H groups in total. The standard InChI is InChI=1S/C18H19N5O3S2/c1-11-20-13(9-27-11)7-16-21-22-18(26-16)28-10-15(24)12-6-14(19-8-12)17(25)23-4-2-3-5-23/h6,8-9,19H,2-5,7,10H2,1H3. The van der Waals surface area contributed by atoms with Crippen molar-refractivity contribution >= 4 is 34.8 Å². The molecule has 0 saturated carbocycles. The molecule has 3 aromatic rings. The summed E-state index contributed by atoms with van der Waals surface area (Å²) in [6, 6.07) is 1.62. The smallest absolute Gasteiger partial charge is 0.277 e. The molecule has 0 aliphatic carbocycles. The Morgan fingerprint density at radius 1 is 1.32 bits per heavy atom. The van der Waals surface area contributed by atoms with Gasteiger partial charge in [0.25, 0.3) is 11.1 Å². The third-order valence-corrected chi connectivity index (χ3v) is 6.04. The number of carbonyl (C=O) groups excluding carboxylic acids is 2. The van der Waals surface area contributed by atoms with Crippen molar-refractivity contribution in [1.82, 2.24) is 25.1 Å². The predicted molar refractivity (Wildman–Crippen MR) is 105 cm³/mol. The summed E-state index contributed by atoms with van der Waals surface area (Å²) >= 11 is 2.76. The van der Waals surface area contributed by atoms with Crippen LogP contribution in [0.5, 0.6) is 0 Å². The maximum atomic E-state index is 12.4. The first kappa shape index (κ1) is 18.9. The molecule has 3 aromatic heterocycles. The molecule has 4 rings (SSSR count). The highest BCUT2D eigenvalue weighted by Gasteiger charge is 2.22. The summed E-state index contributed by atoms with van der Waals surface area (Å²) in [5, 5.41) is 11.3. The number of rotatable bonds is 7. The molecule has 1 fully saturated rings. The van der Waals surface area contributed by atoms with Crippen molar-refractivity contribution in [3.63, 3.8) is 0 Å². The summed E-state index contributed by atoms with van der Waals surface area (Å²) in [6.45, 7) is 3.49. The molecule has 1 saturated heterocycles. The fourth-order valence-electron chi connectivity index (χ4n) is 2.99. The number of hydrogen-bond acceptors (Lipinski definition) is 8. The van der Waals surface area contributed by atoms with Crippen LogP contribution in [0.15, 0.2) is 27.3 Å². The van der Waals surface area contributed by atoms with Crippen molar-refractivity contribution in [1.29, 1.82) is 0 Å². The Labute approximate surface area is 169 Å². The molecule has 0 spiro atoms. The zero-order chi connectivity index (χ0) is 19.5. The second kappa shape index (κ2) is 8.27. The number of amides is 1. The van der Waals surface area contributed by atoms with Crippen LogP contribution in [0, 0.1) is 6.92 Å². The Hall–Kier alpha value is -2.46. The molecule has 28 heavy (non-hydrogen) atoms. The average molecular weight is 418 g/mol. The van der Waals surface area contributed by atoms with E-state index in [9.17, 15) is 9.59 Å². The first-order chi connectivity index (χ1) is 13.6. The number of aromatic amines is 1. The van der Waals surface area contributed by atoms with Gasteiger partial charge in [-0.2, -0.15) is 0 Å². The Balaban J connectivity index is 1.31. The molecule has 1 aliphatic heterocycles. The summed E-state index contributed by atoms with van der Waals surface area (Å²) in [7, 11) is 0. The van der Waals surface area contributed by atoms with Crippen molar-refractivity contribution in [2.75, 3.05) is 18.8 Å². The van der Waals surface area contributed by atoms with Crippen LogP contribution in [0.3, 0.4) is 0 Å². The highest BCUT2D eigenvalue weighted by Crippen LogP contribution is 2.20. The van der Waals surface area contributed by atoms with Gasteiger partial charge < -0.3 is 14.3 Å². The van der Waals surface area contributed by atoms with E-state index in [2.05, 4.69) is 20.2 Å². The summed E-state index contributed by atoms with van der Waals surface area (Å²) in [5.74, 6) is 0.479. The molecule has 0 atom stereocenters. The van der Waals surface area contributed by atoms with Crippen LogP contribution in [0.25, 0.3) is 0 Å². The normalized spacial score (nSPS) is 14.0. The van der Waals surface area contributed by atoms with E-state index in [1.54, 1.807) is 28.5 Å². The Bertz CT molecular complexity index is 987. The van der Waals surface area contributed by atoms with Gasteiger partial charge in [-0.1, -0.05) is 11.8 Å². The molecule has 0 aromatic carbocycles. The fourth-order valence-corrected chi connectivity index (χ4v) is 4.28. The van der Waals surface area contributed by atoms with Gasteiger partial charge in [-0.3, -0.25) is 9.59 Å². The van der Waals surface area contributed by atoms with E-state index in [-0.39, 0.29) is 17.4 Å².